The number of aromatic nitrogens is 5. The second kappa shape index (κ2) is 4.42. The average Bonchev–Trinajstić information content (AvgIpc) is 2.94. The zero-order valence-corrected chi connectivity index (χ0v) is 11.3. The highest BCUT2D eigenvalue weighted by Crippen LogP contribution is 2.22. The summed E-state index contributed by atoms with van der Waals surface area (Å²) in [5.74, 6) is 0. The third kappa shape index (κ3) is 2.04. The van der Waals surface area contributed by atoms with Crippen LogP contribution in [0.15, 0.2) is 17.4 Å². The fraction of sp³-hybridized carbons (Fsp3) is 0.500. The number of nitrogens with one attached hydrogen (secondary N) is 1. The molecule has 2 aromatic heterocycles. The Morgan fingerprint density at radius 1 is 1.37 bits per heavy atom. The third-order valence-electron chi connectivity index (χ3n) is 3.27. The van der Waals surface area contributed by atoms with Crippen molar-refractivity contribution in [1.82, 2.24) is 29.5 Å². The lowest BCUT2D eigenvalue weighted by atomic mass is 10.2. The van der Waals surface area contributed by atoms with Crippen LogP contribution in [0.25, 0.3) is 0 Å². The van der Waals surface area contributed by atoms with E-state index in [0.29, 0.717) is 13.1 Å². The summed E-state index contributed by atoms with van der Waals surface area (Å²) in [6.45, 7) is 0.815. The number of hydrogen-bond acceptors (Lipinski definition) is 5. The molecule has 1 N–H and O–H groups in total. The predicted octanol–water partition coefficient (Wildman–Crippen LogP) is -0.325. The van der Waals surface area contributed by atoms with Crippen LogP contribution in [0.4, 0.5) is 0 Å². The van der Waals surface area contributed by atoms with Gasteiger partial charge in [-0.1, -0.05) is 5.21 Å². The van der Waals surface area contributed by atoms with Crippen molar-refractivity contribution in [1.29, 1.82) is 0 Å². The van der Waals surface area contributed by atoms with Crippen LogP contribution in [-0.4, -0.2) is 44.5 Å². The van der Waals surface area contributed by atoms with Crippen LogP contribution in [0.1, 0.15) is 17.7 Å². The molecule has 8 nitrogen and oxygen atoms in total. The molecule has 0 saturated carbocycles. The summed E-state index contributed by atoms with van der Waals surface area (Å²) in [5, 5.41) is 14.3. The molecule has 19 heavy (non-hydrogen) atoms. The minimum Gasteiger partial charge on any atom is -0.282 e. The lowest BCUT2D eigenvalue weighted by Gasteiger charge is -2.19. The predicted molar refractivity (Wildman–Crippen MR) is 65.5 cm³/mol. The zero-order valence-electron chi connectivity index (χ0n) is 10.4. The van der Waals surface area contributed by atoms with Gasteiger partial charge < -0.3 is 0 Å². The minimum absolute atomic E-state index is 0.111. The summed E-state index contributed by atoms with van der Waals surface area (Å²) in [6.07, 6.45) is 4.53. The van der Waals surface area contributed by atoms with Crippen LogP contribution in [0.3, 0.4) is 0 Å². The van der Waals surface area contributed by atoms with E-state index in [4.69, 9.17) is 0 Å². The Labute approximate surface area is 110 Å². The van der Waals surface area contributed by atoms with Crippen molar-refractivity contribution >= 4 is 10.0 Å². The third-order valence-corrected chi connectivity index (χ3v) is 5.16. The van der Waals surface area contributed by atoms with Gasteiger partial charge in [-0.05, 0) is 12.8 Å². The summed E-state index contributed by atoms with van der Waals surface area (Å²) in [4.78, 5) is 0. The monoisotopic (exact) mass is 282 g/mol. The molecule has 102 valence electrons. The van der Waals surface area contributed by atoms with E-state index in [1.165, 1.54) is 15.2 Å². The molecule has 0 fully saturated rings. The Bertz CT molecular complexity index is 688. The fourth-order valence-corrected chi connectivity index (χ4v) is 3.74. The molecule has 0 spiro atoms. The number of hydrogen-bond donors (Lipinski definition) is 1. The van der Waals surface area contributed by atoms with Crippen molar-refractivity contribution < 1.29 is 8.42 Å². The van der Waals surface area contributed by atoms with E-state index >= 15 is 0 Å². The Balaban J connectivity index is 1.97. The van der Waals surface area contributed by atoms with Crippen molar-refractivity contribution in [3.63, 3.8) is 0 Å². The summed E-state index contributed by atoms with van der Waals surface area (Å²) in [5.41, 5.74) is 1.94. The highest BCUT2D eigenvalue weighted by molar-refractivity contribution is 7.89. The van der Waals surface area contributed by atoms with Gasteiger partial charge >= 0.3 is 0 Å². The SMILES string of the molecule is Cn1nncc1S(=O)(=O)N1CCCc2[nH]ncc2C1. The normalized spacial score (nSPS) is 17.1. The van der Waals surface area contributed by atoms with Crippen molar-refractivity contribution in [3.05, 3.63) is 23.7 Å². The van der Waals surface area contributed by atoms with Gasteiger partial charge in [0.15, 0.2) is 5.03 Å². The standard InChI is InChI=1S/C10H14N6O2S/c1-15-10(6-12-14-15)19(17,18)16-4-2-3-9-8(7-16)5-11-13-9/h5-6H,2-4,7H2,1H3,(H,11,13). The van der Waals surface area contributed by atoms with E-state index in [9.17, 15) is 8.42 Å². The van der Waals surface area contributed by atoms with Gasteiger partial charge in [-0.2, -0.15) is 9.40 Å². The summed E-state index contributed by atoms with van der Waals surface area (Å²) in [7, 11) is -1.99. The molecular weight excluding hydrogens is 268 g/mol. The van der Waals surface area contributed by atoms with Crippen LogP contribution in [0.2, 0.25) is 0 Å². The Hall–Kier alpha value is -1.74. The molecule has 2 aromatic rings. The highest BCUT2D eigenvalue weighted by atomic mass is 32.2. The van der Waals surface area contributed by atoms with Gasteiger partial charge in [0.1, 0.15) is 0 Å². The lowest BCUT2D eigenvalue weighted by Crippen LogP contribution is -2.32. The van der Waals surface area contributed by atoms with Gasteiger partial charge in [0, 0.05) is 31.4 Å². The molecule has 1 aliphatic heterocycles. The van der Waals surface area contributed by atoms with Crippen molar-refractivity contribution in [2.45, 2.75) is 24.4 Å². The number of nitrogens with zero attached hydrogens (tertiary/aromatic N) is 5. The molecule has 1 aliphatic rings. The highest BCUT2D eigenvalue weighted by Gasteiger charge is 2.30. The largest absolute Gasteiger partial charge is 0.282 e. The first-order chi connectivity index (χ1) is 9.09. The summed E-state index contributed by atoms with van der Waals surface area (Å²) >= 11 is 0. The van der Waals surface area contributed by atoms with Crippen molar-refractivity contribution in [3.8, 4) is 0 Å². The molecule has 0 radical (unpaired) electrons. The van der Waals surface area contributed by atoms with Crippen molar-refractivity contribution in [2.24, 2.45) is 7.05 Å². The Kier molecular flexibility index (Phi) is 2.86. The van der Waals surface area contributed by atoms with Gasteiger partial charge in [-0.3, -0.25) is 5.10 Å². The molecule has 0 saturated heterocycles. The first kappa shape index (κ1) is 12.3. The Morgan fingerprint density at radius 3 is 2.95 bits per heavy atom. The smallest absolute Gasteiger partial charge is 0.262 e. The molecule has 0 aliphatic carbocycles. The molecule has 0 bridgehead atoms. The zero-order chi connectivity index (χ0) is 13.5. The first-order valence-corrected chi connectivity index (χ1v) is 7.39. The summed E-state index contributed by atoms with van der Waals surface area (Å²) in [6, 6.07) is 0. The number of aromatic amines is 1. The van der Waals surface area contributed by atoms with Gasteiger partial charge in [0.25, 0.3) is 10.0 Å². The van der Waals surface area contributed by atoms with Gasteiger partial charge in [-0.25, -0.2) is 13.1 Å². The topological polar surface area (TPSA) is 96.8 Å². The lowest BCUT2D eigenvalue weighted by molar-refractivity contribution is 0.404. The molecule has 3 rings (SSSR count). The quantitative estimate of drug-likeness (QED) is 0.814. The van der Waals surface area contributed by atoms with E-state index in [-0.39, 0.29) is 5.03 Å². The first-order valence-electron chi connectivity index (χ1n) is 5.95. The van der Waals surface area contributed by atoms with Crippen LogP contribution >= 0.6 is 0 Å². The fourth-order valence-electron chi connectivity index (χ4n) is 2.24. The molecule has 0 amide bonds. The number of aryl methyl sites for hydroxylation is 2. The number of rotatable bonds is 2. The van der Waals surface area contributed by atoms with Gasteiger partial charge in [-0.15, -0.1) is 5.10 Å². The average molecular weight is 282 g/mol. The van der Waals surface area contributed by atoms with Gasteiger partial charge in [0.05, 0.1) is 12.4 Å². The molecule has 9 heteroatoms. The maximum Gasteiger partial charge on any atom is 0.262 e. The molecule has 0 atom stereocenters. The molecule has 0 aromatic carbocycles. The molecular formula is C10H14N6O2S. The molecule has 3 heterocycles. The van der Waals surface area contributed by atoms with Crippen LogP contribution in [0, 0.1) is 0 Å². The Morgan fingerprint density at radius 2 is 2.21 bits per heavy atom. The van der Waals surface area contributed by atoms with E-state index in [1.54, 1.807) is 13.2 Å². The van der Waals surface area contributed by atoms with E-state index in [1.807, 2.05) is 0 Å². The van der Waals surface area contributed by atoms with Crippen LogP contribution in [0.5, 0.6) is 0 Å². The number of fused-ring (bicyclic) bond motifs is 1. The van der Waals surface area contributed by atoms with E-state index < -0.39 is 10.0 Å². The maximum absolute atomic E-state index is 12.5. The number of H-pyrrole nitrogens is 1. The summed E-state index contributed by atoms with van der Waals surface area (Å²) < 4.78 is 27.8. The van der Waals surface area contributed by atoms with Gasteiger partial charge in [0.2, 0.25) is 0 Å². The van der Waals surface area contributed by atoms with Crippen LogP contribution in [-0.2, 0) is 30.0 Å². The minimum atomic E-state index is -3.56. The van der Waals surface area contributed by atoms with Crippen molar-refractivity contribution in [2.75, 3.05) is 6.54 Å². The number of sulfonamides is 1. The maximum atomic E-state index is 12.5. The van der Waals surface area contributed by atoms with Crippen LogP contribution < -0.4 is 0 Å². The van der Waals surface area contributed by atoms with E-state index in [2.05, 4.69) is 20.5 Å². The molecule has 0 unspecified atom stereocenters. The second-order valence-corrected chi connectivity index (χ2v) is 6.40. The second-order valence-electron chi connectivity index (χ2n) is 4.51. The van der Waals surface area contributed by atoms with E-state index in [0.717, 1.165) is 24.1 Å².